The number of aromatic hydroxyl groups is 2. The van der Waals surface area contributed by atoms with Gasteiger partial charge in [0.2, 0.25) is 0 Å². The van der Waals surface area contributed by atoms with E-state index >= 15 is 0 Å². The lowest BCUT2D eigenvalue weighted by Gasteiger charge is -2.08. The van der Waals surface area contributed by atoms with Crippen LogP contribution in [0.25, 0.3) is 0 Å². The van der Waals surface area contributed by atoms with Crippen molar-refractivity contribution >= 4 is 41.2 Å². The quantitative estimate of drug-likeness (QED) is 0.268. The molecular formula is C6H5B2O2P. The number of hydrogen-bond acceptors (Lipinski definition) is 2. The van der Waals surface area contributed by atoms with E-state index in [4.69, 9.17) is 20.8 Å². The highest BCUT2D eigenvalue weighted by molar-refractivity contribution is 7.29. The van der Waals surface area contributed by atoms with Crippen LogP contribution >= 0.6 is 9.24 Å². The van der Waals surface area contributed by atoms with Crippen LogP contribution in [0.4, 0.5) is 0 Å². The van der Waals surface area contributed by atoms with E-state index in [0.29, 0.717) is 5.30 Å². The van der Waals surface area contributed by atoms with Gasteiger partial charge in [-0.1, -0.05) is 5.46 Å². The summed E-state index contributed by atoms with van der Waals surface area (Å²) in [6, 6.07) is 1.21. The number of phenolic OH excluding ortho intramolecular Hbond substituents is 2. The SMILES string of the molecule is [B]c1cc(O)c([B])c(P)c1O. The van der Waals surface area contributed by atoms with Gasteiger partial charge < -0.3 is 10.2 Å². The van der Waals surface area contributed by atoms with Crippen LogP contribution in [-0.2, 0) is 0 Å². The number of phenols is 2. The molecule has 0 saturated carbocycles. The van der Waals surface area contributed by atoms with Crippen LogP contribution < -0.4 is 16.2 Å². The molecule has 0 aliphatic carbocycles. The zero-order valence-electron chi connectivity index (χ0n) is 5.70. The van der Waals surface area contributed by atoms with Gasteiger partial charge in [-0.25, -0.2) is 0 Å². The van der Waals surface area contributed by atoms with Crippen LogP contribution in [0.2, 0.25) is 0 Å². The fraction of sp³-hybridized carbons (Fsp3) is 0. The predicted octanol–water partition coefficient (Wildman–Crippen LogP) is -1.81. The highest BCUT2D eigenvalue weighted by atomic mass is 31.0. The second kappa shape index (κ2) is 2.78. The van der Waals surface area contributed by atoms with Gasteiger partial charge in [0.05, 0.1) is 0 Å². The Morgan fingerprint density at radius 1 is 1.27 bits per heavy atom. The van der Waals surface area contributed by atoms with Crippen molar-refractivity contribution in [3.05, 3.63) is 6.07 Å². The second-order valence-electron chi connectivity index (χ2n) is 2.16. The average molecular weight is 162 g/mol. The molecule has 0 bridgehead atoms. The minimum Gasteiger partial charge on any atom is -0.509 e. The van der Waals surface area contributed by atoms with Crippen molar-refractivity contribution in [3.63, 3.8) is 0 Å². The second-order valence-corrected chi connectivity index (χ2v) is 2.74. The summed E-state index contributed by atoms with van der Waals surface area (Å²) in [6.07, 6.45) is 0. The van der Waals surface area contributed by atoms with Gasteiger partial charge in [0, 0.05) is 5.30 Å². The first kappa shape index (κ1) is 8.48. The van der Waals surface area contributed by atoms with Crippen molar-refractivity contribution < 1.29 is 10.2 Å². The highest BCUT2D eigenvalue weighted by Crippen LogP contribution is 2.08. The summed E-state index contributed by atoms with van der Waals surface area (Å²) < 4.78 is 0. The standard InChI is InChI=1S/C6H5B2O2P/c7-2-1-3(9)4(8)6(11)5(2)10/h1,9-10H,11H2. The molecule has 5 heteroatoms. The average Bonchev–Trinajstić information content (AvgIpc) is 1.97. The Labute approximate surface area is 69.7 Å². The third kappa shape index (κ3) is 1.36. The Hall–Kier alpha value is -0.620. The monoisotopic (exact) mass is 162 g/mol. The first-order chi connectivity index (χ1) is 5.04. The number of benzene rings is 1. The fourth-order valence-electron chi connectivity index (χ4n) is 0.714. The number of hydrogen-bond donors (Lipinski definition) is 2. The third-order valence-electron chi connectivity index (χ3n) is 1.39. The Kier molecular flexibility index (Phi) is 2.15. The summed E-state index contributed by atoms with van der Waals surface area (Å²) in [5.74, 6) is -0.226. The molecule has 0 saturated heterocycles. The van der Waals surface area contributed by atoms with E-state index in [2.05, 4.69) is 9.24 Å². The lowest BCUT2D eigenvalue weighted by Crippen LogP contribution is -2.25. The van der Waals surface area contributed by atoms with Crippen molar-refractivity contribution in [2.24, 2.45) is 0 Å². The van der Waals surface area contributed by atoms with Gasteiger partial charge in [0.25, 0.3) is 0 Å². The van der Waals surface area contributed by atoms with Crippen molar-refractivity contribution in [2.45, 2.75) is 0 Å². The van der Waals surface area contributed by atoms with Crippen molar-refractivity contribution in [3.8, 4) is 11.5 Å². The summed E-state index contributed by atoms with van der Waals surface area (Å²) in [4.78, 5) is 0. The summed E-state index contributed by atoms with van der Waals surface area (Å²) >= 11 is 0. The zero-order valence-corrected chi connectivity index (χ0v) is 6.86. The van der Waals surface area contributed by atoms with E-state index in [-0.39, 0.29) is 22.4 Å². The van der Waals surface area contributed by atoms with Gasteiger partial charge in [-0.05, 0) is 11.5 Å². The van der Waals surface area contributed by atoms with Crippen LogP contribution in [-0.4, -0.2) is 25.9 Å². The van der Waals surface area contributed by atoms with Gasteiger partial charge in [-0.15, -0.1) is 9.24 Å². The highest BCUT2D eigenvalue weighted by Gasteiger charge is 2.06. The maximum atomic E-state index is 9.17. The molecule has 1 rings (SSSR count). The minimum atomic E-state index is -0.120. The number of rotatable bonds is 0. The molecule has 1 aromatic carbocycles. The van der Waals surface area contributed by atoms with Crippen LogP contribution in [0.5, 0.6) is 11.5 Å². The Bertz CT molecular complexity index is 275. The van der Waals surface area contributed by atoms with Crippen molar-refractivity contribution in [1.82, 2.24) is 0 Å². The molecule has 2 N–H and O–H groups in total. The maximum absolute atomic E-state index is 9.17. The lowest BCUT2D eigenvalue weighted by molar-refractivity contribution is 0.471. The molecule has 2 nitrogen and oxygen atoms in total. The van der Waals surface area contributed by atoms with Gasteiger partial charge in [0.15, 0.2) is 0 Å². The van der Waals surface area contributed by atoms with Crippen LogP contribution in [0.15, 0.2) is 6.07 Å². The van der Waals surface area contributed by atoms with Gasteiger partial charge in [-0.2, -0.15) is 0 Å². The molecule has 0 aliphatic rings. The summed E-state index contributed by atoms with van der Waals surface area (Å²) in [6.45, 7) is 0. The molecule has 1 unspecified atom stereocenters. The molecule has 0 aromatic heterocycles. The largest absolute Gasteiger partial charge is 0.509 e. The summed E-state index contributed by atoms with van der Waals surface area (Å²) in [5, 5.41) is 18.6. The lowest BCUT2D eigenvalue weighted by atomic mass is 9.87. The van der Waals surface area contributed by atoms with Gasteiger partial charge in [-0.3, -0.25) is 0 Å². The maximum Gasteiger partial charge on any atom is 0.120 e. The molecule has 4 radical (unpaired) electrons. The van der Waals surface area contributed by atoms with E-state index in [1.807, 2.05) is 0 Å². The van der Waals surface area contributed by atoms with Crippen LogP contribution in [0, 0.1) is 0 Å². The minimum absolute atomic E-state index is 0.106. The van der Waals surface area contributed by atoms with Gasteiger partial charge in [0.1, 0.15) is 27.2 Å². The normalized spacial score (nSPS) is 9.91. The molecule has 0 heterocycles. The Balaban J connectivity index is 3.46. The topological polar surface area (TPSA) is 40.5 Å². The van der Waals surface area contributed by atoms with E-state index in [0.717, 1.165) is 0 Å². The third-order valence-corrected chi connectivity index (χ3v) is 1.97. The zero-order chi connectivity index (χ0) is 8.59. The molecule has 0 spiro atoms. The Morgan fingerprint density at radius 2 is 1.82 bits per heavy atom. The van der Waals surface area contributed by atoms with Crippen LogP contribution in [0.1, 0.15) is 0 Å². The van der Waals surface area contributed by atoms with E-state index in [1.165, 1.54) is 6.07 Å². The van der Waals surface area contributed by atoms with E-state index in [1.54, 1.807) is 0 Å². The van der Waals surface area contributed by atoms with E-state index < -0.39 is 0 Å². The first-order valence-electron chi connectivity index (χ1n) is 2.89. The van der Waals surface area contributed by atoms with Gasteiger partial charge >= 0.3 is 0 Å². The molecule has 0 amide bonds. The molecule has 11 heavy (non-hydrogen) atoms. The molecular weight excluding hydrogens is 157 g/mol. The summed E-state index contributed by atoms with van der Waals surface area (Å²) in [7, 11) is 12.9. The summed E-state index contributed by atoms with van der Waals surface area (Å²) in [5.41, 5.74) is 0.239. The molecule has 0 fully saturated rings. The van der Waals surface area contributed by atoms with E-state index in [9.17, 15) is 5.11 Å². The van der Waals surface area contributed by atoms with Crippen LogP contribution in [0.3, 0.4) is 0 Å². The predicted molar refractivity (Wildman–Crippen MR) is 49.9 cm³/mol. The molecule has 1 atom stereocenters. The van der Waals surface area contributed by atoms with Crippen molar-refractivity contribution in [2.75, 3.05) is 0 Å². The Morgan fingerprint density at radius 3 is 2.36 bits per heavy atom. The fourth-order valence-corrected chi connectivity index (χ4v) is 1.03. The molecule has 1 aromatic rings. The van der Waals surface area contributed by atoms with Crippen molar-refractivity contribution in [1.29, 1.82) is 0 Å². The first-order valence-corrected chi connectivity index (χ1v) is 3.47. The molecule has 0 aliphatic heterocycles. The molecule has 52 valence electrons. The smallest absolute Gasteiger partial charge is 0.120 e.